The van der Waals surface area contributed by atoms with Crippen LogP contribution in [0.5, 0.6) is 0 Å². The van der Waals surface area contributed by atoms with Gasteiger partial charge < -0.3 is 15.2 Å². The molecule has 2 N–H and O–H groups in total. The summed E-state index contributed by atoms with van der Waals surface area (Å²) in [5.74, 6) is 1.04. The van der Waals surface area contributed by atoms with Crippen LogP contribution >= 0.6 is 15.9 Å². The molecular weight excluding hydrogens is 316 g/mol. The fourth-order valence-electron chi connectivity index (χ4n) is 2.28. The lowest BCUT2D eigenvalue weighted by Crippen LogP contribution is -2.23. The molecule has 20 heavy (non-hydrogen) atoms. The first-order chi connectivity index (χ1) is 9.47. The summed E-state index contributed by atoms with van der Waals surface area (Å²) < 4.78 is 3.13. The molecule has 0 radical (unpaired) electrons. The standard InChI is InChI=1S/C15H21BrN4/c1-11(17)8-12-9-13(16)4-5-14(12)20(3)10-15-18-6-7-19(15)2/h4-7,9,11H,8,10,17H2,1-3H3. The second-order valence-electron chi connectivity index (χ2n) is 5.26. The number of halogens is 1. The number of aryl methyl sites for hydroxylation is 1. The molecule has 0 aliphatic heterocycles. The van der Waals surface area contributed by atoms with Crippen molar-refractivity contribution in [1.29, 1.82) is 0 Å². The van der Waals surface area contributed by atoms with E-state index >= 15 is 0 Å². The van der Waals surface area contributed by atoms with Gasteiger partial charge in [-0.25, -0.2) is 4.98 Å². The molecule has 1 heterocycles. The summed E-state index contributed by atoms with van der Waals surface area (Å²) in [5, 5.41) is 0. The van der Waals surface area contributed by atoms with Crippen molar-refractivity contribution in [2.24, 2.45) is 12.8 Å². The zero-order valence-corrected chi connectivity index (χ0v) is 13.8. The Labute approximate surface area is 128 Å². The van der Waals surface area contributed by atoms with Gasteiger partial charge in [-0.2, -0.15) is 0 Å². The maximum Gasteiger partial charge on any atom is 0.127 e. The van der Waals surface area contributed by atoms with E-state index in [1.54, 1.807) is 0 Å². The van der Waals surface area contributed by atoms with E-state index in [9.17, 15) is 0 Å². The highest BCUT2D eigenvalue weighted by molar-refractivity contribution is 9.10. The maximum atomic E-state index is 5.95. The van der Waals surface area contributed by atoms with Crippen molar-refractivity contribution < 1.29 is 0 Å². The molecule has 2 aromatic rings. The van der Waals surface area contributed by atoms with Crippen LogP contribution in [0.15, 0.2) is 35.1 Å². The number of rotatable bonds is 5. The SMILES string of the molecule is CC(N)Cc1cc(Br)ccc1N(C)Cc1nccn1C. The molecule has 0 aliphatic carbocycles. The molecule has 4 nitrogen and oxygen atoms in total. The lowest BCUT2D eigenvalue weighted by Gasteiger charge is -2.23. The minimum atomic E-state index is 0.143. The molecule has 0 amide bonds. The Morgan fingerprint density at radius 3 is 2.80 bits per heavy atom. The first-order valence-electron chi connectivity index (χ1n) is 6.68. The van der Waals surface area contributed by atoms with Crippen LogP contribution in [-0.2, 0) is 20.0 Å². The van der Waals surface area contributed by atoms with E-state index in [1.165, 1.54) is 11.3 Å². The fourth-order valence-corrected chi connectivity index (χ4v) is 2.69. The molecule has 0 aliphatic rings. The molecule has 108 valence electrons. The van der Waals surface area contributed by atoms with Crippen LogP contribution in [0.2, 0.25) is 0 Å². The van der Waals surface area contributed by atoms with Crippen LogP contribution in [0.1, 0.15) is 18.3 Å². The van der Waals surface area contributed by atoms with Gasteiger partial charge in [-0.3, -0.25) is 0 Å². The number of aromatic nitrogens is 2. The summed E-state index contributed by atoms with van der Waals surface area (Å²) >= 11 is 3.53. The molecule has 5 heteroatoms. The second kappa shape index (κ2) is 6.41. The fraction of sp³-hybridized carbons (Fsp3) is 0.400. The minimum absolute atomic E-state index is 0.143. The first-order valence-corrected chi connectivity index (χ1v) is 7.48. The monoisotopic (exact) mass is 336 g/mol. The van der Waals surface area contributed by atoms with Crippen molar-refractivity contribution in [3.63, 3.8) is 0 Å². The number of hydrogen-bond donors (Lipinski definition) is 1. The Morgan fingerprint density at radius 1 is 1.45 bits per heavy atom. The van der Waals surface area contributed by atoms with Crippen molar-refractivity contribution in [2.45, 2.75) is 25.9 Å². The molecule has 1 atom stereocenters. The van der Waals surface area contributed by atoms with Crippen molar-refractivity contribution in [1.82, 2.24) is 9.55 Å². The lowest BCUT2D eigenvalue weighted by atomic mass is 10.0. The average molecular weight is 337 g/mol. The van der Waals surface area contributed by atoms with Gasteiger partial charge in [-0.05, 0) is 37.1 Å². The van der Waals surface area contributed by atoms with Gasteiger partial charge in [0.1, 0.15) is 5.82 Å². The molecule has 1 aromatic heterocycles. The summed E-state index contributed by atoms with van der Waals surface area (Å²) in [6, 6.07) is 6.48. The third kappa shape index (κ3) is 3.61. The Kier molecular flexibility index (Phi) is 4.83. The quantitative estimate of drug-likeness (QED) is 0.913. The number of anilines is 1. The number of hydrogen-bond acceptors (Lipinski definition) is 3. The van der Waals surface area contributed by atoms with Crippen LogP contribution in [-0.4, -0.2) is 22.6 Å². The normalized spacial score (nSPS) is 12.4. The summed E-state index contributed by atoms with van der Waals surface area (Å²) in [7, 11) is 4.10. The molecule has 0 spiro atoms. The van der Waals surface area contributed by atoms with Gasteiger partial charge in [0.05, 0.1) is 6.54 Å². The summed E-state index contributed by atoms with van der Waals surface area (Å²) in [6.07, 6.45) is 4.65. The maximum absolute atomic E-state index is 5.95. The van der Waals surface area contributed by atoms with Crippen molar-refractivity contribution >= 4 is 21.6 Å². The molecule has 0 saturated carbocycles. The van der Waals surface area contributed by atoms with Crippen LogP contribution in [0.25, 0.3) is 0 Å². The smallest absolute Gasteiger partial charge is 0.127 e. The van der Waals surface area contributed by atoms with Gasteiger partial charge in [0.15, 0.2) is 0 Å². The Hall–Kier alpha value is -1.33. The van der Waals surface area contributed by atoms with Gasteiger partial charge in [0.25, 0.3) is 0 Å². The predicted octanol–water partition coefficient (Wildman–Crippen LogP) is 2.71. The van der Waals surface area contributed by atoms with E-state index in [4.69, 9.17) is 5.73 Å². The van der Waals surface area contributed by atoms with Gasteiger partial charge in [-0.15, -0.1) is 0 Å². The van der Waals surface area contributed by atoms with E-state index in [-0.39, 0.29) is 6.04 Å². The molecule has 1 aromatic carbocycles. The van der Waals surface area contributed by atoms with E-state index in [0.29, 0.717) is 0 Å². The van der Waals surface area contributed by atoms with Crippen LogP contribution < -0.4 is 10.6 Å². The van der Waals surface area contributed by atoms with E-state index in [0.717, 1.165) is 23.3 Å². The van der Waals surface area contributed by atoms with Gasteiger partial charge in [0.2, 0.25) is 0 Å². The molecule has 0 bridgehead atoms. The number of benzene rings is 1. The molecule has 2 rings (SSSR count). The van der Waals surface area contributed by atoms with E-state index in [2.05, 4.69) is 51.1 Å². The van der Waals surface area contributed by atoms with Gasteiger partial charge in [-0.1, -0.05) is 15.9 Å². The summed E-state index contributed by atoms with van der Waals surface area (Å²) in [4.78, 5) is 6.59. The highest BCUT2D eigenvalue weighted by Crippen LogP contribution is 2.26. The Balaban J connectivity index is 2.24. The molecule has 0 fully saturated rings. The lowest BCUT2D eigenvalue weighted by molar-refractivity contribution is 0.725. The van der Waals surface area contributed by atoms with Crippen molar-refractivity contribution in [3.8, 4) is 0 Å². The Morgan fingerprint density at radius 2 is 2.20 bits per heavy atom. The molecular formula is C15H21BrN4. The highest BCUT2D eigenvalue weighted by atomic mass is 79.9. The zero-order valence-electron chi connectivity index (χ0n) is 12.2. The number of imidazole rings is 1. The van der Waals surface area contributed by atoms with Crippen molar-refractivity contribution in [3.05, 3.63) is 46.5 Å². The van der Waals surface area contributed by atoms with Crippen LogP contribution in [0.4, 0.5) is 5.69 Å². The first kappa shape index (κ1) is 15.1. The second-order valence-corrected chi connectivity index (χ2v) is 6.18. The summed E-state index contributed by atoms with van der Waals surface area (Å²) in [5.41, 5.74) is 8.41. The van der Waals surface area contributed by atoms with E-state index < -0.39 is 0 Å². The van der Waals surface area contributed by atoms with Crippen LogP contribution in [0.3, 0.4) is 0 Å². The summed E-state index contributed by atoms with van der Waals surface area (Å²) in [6.45, 7) is 2.81. The highest BCUT2D eigenvalue weighted by Gasteiger charge is 2.12. The van der Waals surface area contributed by atoms with Crippen molar-refractivity contribution in [2.75, 3.05) is 11.9 Å². The van der Waals surface area contributed by atoms with E-state index in [1.807, 2.05) is 30.9 Å². The number of nitrogens with two attached hydrogens (primary N) is 1. The van der Waals surface area contributed by atoms with Crippen LogP contribution in [0, 0.1) is 0 Å². The zero-order chi connectivity index (χ0) is 14.7. The minimum Gasteiger partial charge on any atom is -0.367 e. The molecule has 0 saturated heterocycles. The largest absolute Gasteiger partial charge is 0.367 e. The third-order valence-corrected chi connectivity index (χ3v) is 3.79. The predicted molar refractivity (Wildman–Crippen MR) is 86.8 cm³/mol. The van der Waals surface area contributed by atoms with Gasteiger partial charge in [0, 0.05) is 42.7 Å². The average Bonchev–Trinajstić information content (AvgIpc) is 2.74. The van der Waals surface area contributed by atoms with Gasteiger partial charge >= 0.3 is 0 Å². The molecule has 1 unspecified atom stereocenters. The number of nitrogens with zero attached hydrogens (tertiary/aromatic N) is 3. The topological polar surface area (TPSA) is 47.1 Å². The third-order valence-electron chi connectivity index (χ3n) is 3.29. The Bertz CT molecular complexity index is 577.